The first kappa shape index (κ1) is 13.4. The first-order valence-electron chi connectivity index (χ1n) is 6.13. The standard InChI is InChI=1S/C16H11BrClNO/c17-10-12-8-13(18)4-6-16(12)20-14-5-3-11-2-1-7-19-15(11)9-14/h1-9H,10H2. The van der Waals surface area contributed by atoms with Crippen molar-refractivity contribution >= 4 is 38.4 Å². The highest BCUT2D eigenvalue weighted by molar-refractivity contribution is 9.08. The predicted octanol–water partition coefficient (Wildman–Crippen LogP) is 5.58. The summed E-state index contributed by atoms with van der Waals surface area (Å²) in [4.78, 5) is 4.33. The third-order valence-electron chi connectivity index (χ3n) is 2.97. The van der Waals surface area contributed by atoms with E-state index in [1.54, 1.807) is 6.20 Å². The number of ether oxygens (including phenoxy) is 1. The van der Waals surface area contributed by atoms with E-state index in [0.717, 1.165) is 28.0 Å². The monoisotopic (exact) mass is 347 g/mol. The van der Waals surface area contributed by atoms with Gasteiger partial charge >= 0.3 is 0 Å². The zero-order valence-corrected chi connectivity index (χ0v) is 12.9. The second-order valence-corrected chi connectivity index (χ2v) is 5.34. The van der Waals surface area contributed by atoms with Crippen molar-refractivity contribution < 1.29 is 4.74 Å². The number of fused-ring (bicyclic) bond motifs is 1. The van der Waals surface area contributed by atoms with Crippen molar-refractivity contribution in [1.29, 1.82) is 0 Å². The van der Waals surface area contributed by atoms with E-state index in [2.05, 4.69) is 20.9 Å². The molecule has 1 heterocycles. The number of nitrogens with zero attached hydrogens (tertiary/aromatic N) is 1. The fourth-order valence-corrected chi connectivity index (χ4v) is 2.62. The fourth-order valence-electron chi connectivity index (χ4n) is 1.99. The Morgan fingerprint density at radius 3 is 2.85 bits per heavy atom. The van der Waals surface area contributed by atoms with E-state index in [1.165, 1.54) is 0 Å². The van der Waals surface area contributed by atoms with Gasteiger partial charge in [-0.15, -0.1) is 0 Å². The summed E-state index contributed by atoms with van der Waals surface area (Å²) >= 11 is 9.43. The second-order valence-electron chi connectivity index (χ2n) is 4.35. The molecule has 3 aromatic rings. The van der Waals surface area contributed by atoms with Gasteiger partial charge < -0.3 is 4.74 Å². The lowest BCUT2D eigenvalue weighted by Gasteiger charge is -2.10. The molecule has 0 spiro atoms. The Morgan fingerprint density at radius 1 is 1.10 bits per heavy atom. The molecule has 4 heteroatoms. The number of benzene rings is 2. The first-order valence-corrected chi connectivity index (χ1v) is 7.63. The van der Waals surface area contributed by atoms with Crippen LogP contribution in [0.1, 0.15) is 5.56 Å². The van der Waals surface area contributed by atoms with Gasteiger partial charge in [0.2, 0.25) is 0 Å². The zero-order chi connectivity index (χ0) is 13.9. The molecular weight excluding hydrogens is 338 g/mol. The van der Waals surface area contributed by atoms with E-state index in [1.807, 2.05) is 48.5 Å². The Morgan fingerprint density at radius 2 is 2.00 bits per heavy atom. The van der Waals surface area contributed by atoms with Crippen LogP contribution in [0.15, 0.2) is 54.7 Å². The highest BCUT2D eigenvalue weighted by atomic mass is 79.9. The van der Waals surface area contributed by atoms with E-state index >= 15 is 0 Å². The molecule has 3 rings (SSSR count). The quantitative estimate of drug-likeness (QED) is 0.577. The molecular formula is C16H11BrClNO. The third kappa shape index (κ3) is 2.79. The number of hydrogen-bond donors (Lipinski definition) is 0. The van der Waals surface area contributed by atoms with E-state index in [0.29, 0.717) is 10.4 Å². The van der Waals surface area contributed by atoms with Crippen molar-refractivity contribution in [3.63, 3.8) is 0 Å². The second kappa shape index (κ2) is 5.81. The molecule has 1 aromatic heterocycles. The van der Waals surface area contributed by atoms with Crippen LogP contribution in [0.4, 0.5) is 0 Å². The lowest BCUT2D eigenvalue weighted by molar-refractivity contribution is 0.479. The molecule has 0 aliphatic heterocycles. The van der Waals surface area contributed by atoms with E-state index in [4.69, 9.17) is 16.3 Å². The van der Waals surface area contributed by atoms with Gasteiger partial charge in [-0.05, 0) is 36.4 Å². The molecule has 2 nitrogen and oxygen atoms in total. The fraction of sp³-hybridized carbons (Fsp3) is 0.0625. The molecule has 0 unspecified atom stereocenters. The first-order chi connectivity index (χ1) is 9.76. The molecule has 0 fully saturated rings. The Hall–Kier alpha value is -1.58. The zero-order valence-electron chi connectivity index (χ0n) is 10.5. The average molecular weight is 349 g/mol. The summed E-state index contributed by atoms with van der Waals surface area (Å²) in [7, 11) is 0. The van der Waals surface area contributed by atoms with Gasteiger partial charge in [0.25, 0.3) is 0 Å². The van der Waals surface area contributed by atoms with Crippen LogP contribution in [0.3, 0.4) is 0 Å². The van der Waals surface area contributed by atoms with Crippen LogP contribution in [-0.2, 0) is 5.33 Å². The maximum Gasteiger partial charge on any atom is 0.131 e. The van der Waals surface area contributed by atoms with Crippen LogP contribution in [0, 0.1) is 0 Å². The summed E-state index contributed by atoms with van der Waals surface area (Å²) < 4.78 is 5.93. The summed E-state index contributed by atoms with van der Waals surface area (Å²) in [6.45, 7) is 0. The lowest BCUT2D eigenvalue weighted by Crippen LogP contribution is -1.90. The van der Waals surface area contributed by atoms with Crippen molar-refractivity contribution in [3.05, 3.63) is 65.3 Å². The van der Waals surface area contributed by atoms with Gasteiger partial charge in [0.15, 0.2) is 0 Å². The molecule has 0 saturated heterocycles. The Bertz CT molecular complexity index is 760. The molecule has 2 aromatic carbocycles. The smallest absolute Gasteiger partial charge is 0.131 e. The van der Waals surface area contributed by atoms with Crippen LogP contribution < -0.4 is 4.74 Å². The van der Waals surface area contributed by atoms with Gasteiger partial charge in [-0.3, -0.25) is 4.98 Å². The summed E-state index contributed by atoms with van der Waals surface area (Å²) in [5.74, 6) is 1.56. The number of hydrogen-bond acceptors (Lipinski definition) is 2. The van der Waals surface area contributed by atoms with Crippen molar-refractivity contribution in [2.24, 2.45) is 0 Å². The normalized spacial score (nSPS) is 10.7. The minimum atomic E-state index is 0.689. The highest BCUT2D eigenvalue weighted by Gasteiger charge is 2.06. The molecule has 20 heavy (non-hydrogen) atoms. The predicted molar refractivity (Wildman–Crippen MR) is 85.9 cm³/mol. The topological polar surface area (TPSA) is 22.1 Å². The minimum absolute atomic E-state index is 0.689. The van der Waals surface area contributed by atoms with Gasteiger partial charge in [0, 0.05) is 33.6 Å². The summed E-state index contributed by atoms with van der Waals surface area (Å²) in [5.41, 5.74) is 1.93. The minimum Gasteiger partial charge on any atom is -0.457 e. The van der Waals surface area contributed by atoms with Crippen molar-refractivity contribution in [1.82, 2.24) is 4.98 Å². The largest absolute Gasteiger partial charge is 0.457 e. The lowest BCUT2D eigenvalue weighted by atomic mass is 10.2. The van der Waals surface area contributed by atoms with Gasteiger partial charge in [0.05, 0.1) is 5.52 Å². The Balaban J connectivity index is 1.96. The van der Waals surface area contributed by atoms with Crippen LogP contribution in [0.2, 0.25) is 5.02 Å². The number of alkyl halides is 1. The van der Waals surface area contributed by atoms with E-state index in [-0.39, 0.29) is 0 Å². The molecule has 100 valence electrons. The average Bonchev–Trinajstić information content (AvgIpc) is 2.49. The number of pyridine rings is 1. The van der Waals surface area contributed by atoms with Gasteiger partial charge in [0.1, 0.15) is 11.5 Å². The summed E-state index contributed by atoms with van der Waals surface area (Å²) in [6, 6.07) is 15.4. The Kier molecular flexibility index (Phi) is 3.90. The maximum atomic E-state index is 5.99. The SMILES string of the molecule is Clc1ccc(Oc2ccc3cccnc3c2)c(CBr)c1. The van der Waals surface area contributed by atoms with Gasteiger partial charge in [-0.1, -0.05) is 33.6 Å². The summed E-state index contributed by atoms with van der Waals surface area (Å²) in [6.07, 6.45) is 1.78. The molecule has 0 amide bonds. The molecule has 0 saturated carbocycles. The molecule has 0 N–H and O–H groups in total. The molecule has 0 atom stereocenters. The number of rotatable bonds is 3. The highest BCUT2D eigenvalue weighted by Crippen LogP contribution is 2.30. The third-order valence-corrected chi connectivity index (χ3v) is 3.81. The number of aromatic nitrogens is 1. The maximum absolute atomic E-state index is 5.99. The van der Waals surface area contributed by atoms with Crippen molar-refractivity contribution in [2.45, 2.75) is 5.33 Å². The molecule has 0 bridgehead atoms. The molecule has 0 radical (unpaired) electrons. The van der Waals surface area contributed by atoms with Crippen LogP contribution in [0.5, 0.6) is 11.5 Å². The number of halogens is 2. The van der Waals surface area contributed by atoms with E-state index in [9.17, 15) is 0 Å². The summed E-state index contributed by atoms with van der Waals surface area (Å²) in [5, 5.41) is 2.48. The molecule has 0 aliphatic carbocycles. The van der Waals surface area contributed by atoms with Crippen LogP contribution in [0.25, 0.3) is 10.9 Å². The molecule has 0 aliphatic rings. The van der Waals surface area contributed by atoms with Crippen LogP contribution in [-0.4, -0.2) is 4.98 Å². The van der Waals surface area contributed by atoms with Crippen LogP contribution >= 0.6 is 27.5 Å². The Labute approximate surface area is 130 Å². The van der Waals surface area contributed by atoms with E-state index < -0.39 is 0 Å². The van der Waals surface area contributed by atoms with Crippen molar-refractivity contribution in [2.75, 3.05) is 0 Å². The van der Waals surface area contributed by atoms with Crippen molar-refractivity contribution in [3.8, 4) is 11.5 Å². The van der Waals surface area contributed by atoms with Gasteiger partial charge in [-0.2, -0.15) is 0 Å². The van der Waals surface area contributed by atoms with Gasteiger partial charge in [-0.25, -0.2) is 0 Å².